The van der Waals surface area contributed by atoms with Crippen LogP contribution in [0.5, 0.6) is 5.75 Å². The number of piperidine rings is 3. The molecule has 18 heavy (non-hydrogen) atoms. The van der Waals surface area contributed by atoms with E-state index >= 15 is 0 Å². The molecule has 0 unspecified atom stereocenters. The molecule has 1 aliphatic carbocycles. The van der Waals surface area contributed by atoms with E-state index in [1.807, 2.05) is 0 Å². The molecule has 3 heterocycles. The van der Waals surface area contributed by atoms with Gasteiger partial charge in [-0.3, -0.25) is 4.90 Å². The summed E-state index contributed by atoms with van der Waals surface area (Å²) >= 11 is 0. The average Bonchev–Trinajstić information content (AvgIpc) is 2.87. The zero-order valence-electron chi connectivity index (χ0n) is 10.9. The monoisotopic (exact) mass is 243 g/mol. The summed E-state index contributed by atoms with van der Waals surface area (Å²) in [6.07, 6.45) is 6.92. The van der Waals surface area contributed by atoms with Gasteiger partial charge in [0, 0.05) is 6.54 Å². The maximum absolute atomic E-state index is 6.27. The van der Waals surface area contributed by atoms with Crippen molar-refractivity contribution in [3.05, 3.63) is 29.3 Å². The SMILES string of the molecule is c1cc2c(cc1O[C@H]1CN3CCC1CC3)CCC2. The summed E-state index contributed by atoms with van der Waals surface area (Å²) in [5.74, 6) is 1.90. The van der Waals surface area contributed by atoms with Gasteiger partial charge < -0.3 is 4.74 Å². The van der Waals surface area contributed by atoms with Gasteiger partial charge in [-0.15, -0.1) is 0 Å². The highest BCUT2D eigenvalue weighted by Crippen LogP contribution is 2.32. The molecule has 0 spiro atoms. The second-order valence-electron chi connectivity index (χ2n) is 6.08. The lowest BCUT2D eigenvalue weighted by Gasteiger charge is -2.44. The molecule has 1 aromatic rings. The Hall–Kier alpha value is -1.02. The third kappa shape index (κ3) is 1.83. The van der Waals surface area contributed by atoms with Gasteiger partial charge in [0.05, 0.1) is 0 Å². The lowest BCUT2D eigenvalue weighted by molar-refractivity contribution is -0.00778. The van der Waals surface area contributed by atoms with Gasteiger partial charge in [0.1, 0.15) is 11.9 Å². The largest absolute Gasteiger partial charge is 0.489 e. The summed E-state index contributed by atoms with van der Waals surface area (Å²) in [6, 6.07) is 6.75. The van der Waals surface area contributed by atoms with Crippen molar-refractivity contribution < 1.29 is 4.74 Å². The molecular formula is C16H21NO. The second kappa shape index (κ2) is 4.27. The number of rotatable bonds is 2. The highest BCUT2D eigenvalue weighted by Gasteiger charge is 2.35. The molecule has 1 aromatic carbocycles. The standard InChI is InChI=1S/C16H21NO/c1-2-12-4-5-15(10-14(12)3-1)18-16-11-17-8-6-13(16)7-9-17/h4-5,10,13,16H,1-3,6-9,11H2/t16-/m0/s1. The van der Waals surface area contributed by atoms with Crippen molar-refractivity contribution in [2.45, 2.75) is 38.2 Å². The van der Waals surface area contributed by atoms with Crippen LogP contribution >= 0.6 is 0 Å². The van der Waals surface area contributed by atoms with Crippen LogP contribution in [0.1, 0.15) is 30.4 Å². The van der Waals surface area contributed by atoms with Crippen molar-refractivity contribution in [3.63, 3.8) is 0 Å². The number of benzene rings is 1. The van der Waals surface area contributed by atoms with Gasteiger partial charge in [-0.25, -0.2) is 0 Å². The fraction of sp³-hybridized carbons (Fsp3) is 0.625. The van der Waals surface area contributed by atoms with Gasteiger partial charge in [-0.2, -0.15) is 0 Å². The van der Waals surface area contributed by atoms with Crippen molar-refractivity contribution >= 4 is 0 Å². The first-order valence-electron chi connectivity index (χ1n) is 7.39. The summed E-state index contributed by atoms with van der Waals surface area (Å²) in [5, 5.41) is 0. The molecule has 5 rings (SSSR count). The molecule has 0 N–H and O–H groups in total. The minimum absolute atomic E-state index is 0.437. The molecule has 0 saturated carbocycles. The van der Waals surface area contributed by atoms with E-state index in [1.54, 1.807) is 0 Å². The lowest BCUT2D eigenvalue weighted by atomic mass is 9.86. The first-order chi connectivity index (χ1) is 8.88. The van der Waals surface area contributed by atoms with Crippen LogP contribution in [-0.4, -0.2) is 30.6 Å². The summed E-state index contributed by atoms with van der Waals surface area (Å²) < 4.78 is 6.27. The average molecular weight is 243 g/mol. The van der Waals surface area contributed by atoms with Crippen molar-refractivity contribution in [1.29, 1.82) is 0 Å². The molecule has 96 valence electrons. The maximum Gasteiger partial charge on any atom is 0.120 e. The van der Waals surface area contributed by atoms with Crippen molar-refractivity contribution in [2.24, 2.45) is 5.92 Å². The van der Waals surface area contributed by atoms with Gasteiger partial charge in [0.2, 0.25) is 0 Å². The van der Waals surface area contributed by atoms with Crippen LogP contribution < -0.4 is 4.74 Å². The zero-order valence-corrected chi connectivity index (χ0v) is 10.9. The maximum atomic E-state index is 6.27. The summed E-state index contributed by atoms with van der Waals surface area (Å²) in [4.78, 5) is 2.55. The van der Waals surface area contributed by atoms with Crippen LogP contribution in [0, 0.1) is 5.92 Å². The molecule has 3 saturated heterocycles. The fourth-order valence-electron chi connectivity index (χ4n) is 3.84. The minimum Gasteiger partial charge on any atom is -0.489 e. The van der Waals surface area contributed by atoms with Crippen LogP contribution in [0.25, 0.3) is 0 Å². The number of aryl methyl sites for hydroxylation is 2. The second-order valence-corrected chi connectivity index (χ2v) is 6.08. The Balaban J connectivity index is 1.51. The Morgan fingerprint density at radius 1 is 1.06 bits per heavy atom. The molecular weight excluding hydrogens is 222 g/mol. The highest BCUT2D eigenvalue weighted by atomic mass is 16.5. The number of fused-ring (bicyclic) bond motifs is 4. The van der Waals surface area contributed by atoms with E-state index in [1.165, 1.54) is 56.3 Å². The van der Waals surface area contributed by atoms with Crippen molar-refractivity contribution in [3.8, 4) is 5.75 Å². The van der Waals surface area contributed by atoms with Crippen LogP contribution in [0.3, 0.4) is 0 Å². The summed E-state index contributed by atoms with van der Waals surface area (Å²) in [5.41, 5.74) is 3.06. The number of ether oxygens (including phenoxy) is 1. The number of nitrogens with zero attached hydrogens (tertiary/aromatic N) is 1. The summed E-state index contributed by atoms with van der Waals surface area (Å²) in [6.45, 7) is 3.71. The predicted octanol–water partition coefficient (Wildman–Crippen LogP) is 2.65. The Morgan fingerprint density at radius 3 is 2.67 bits per heavy atom. The minimum atomic E-state index is 0.437. The third-order valence-electron chi connectivity index (χ3n) is 4.95. The van der Waals surface area contributed by atoms with E-state index in [4.69, 9.17) is 4.74 Å². The van der Waals surface area contributed by atoms with Crippen LogP contribution in [0.2, 0.25) is 0 Å². The topological polar surface area (TPSA) is 12.5 Å². The first-order valence-corrected chi connectivity index (χ1v) is 7.39. The fourth-order valence-corrected chi connectivity index (χ4v) is 3.84. The van der Waals surface area contributed by atoms with Crippen LogP contribution in [0.15, 0.2) is 18.2 Å². The molecule has 0 radical (unpaired) electrons. The molecule has 2 bridgehead atoms. The zero-order chi connectivity index (χ0) is 11.9. The molecule has 0 aromatic heterocycles. The van der Waals surface area contributed by atoms with Gasteiger partial charge in [0.15, 0.2) is 0 Å². The van der Waals surface area contributed by atoms with E-state index in [0.29, 0.717) is 6.10 Å². The quantitative estimate of drug-likeness (QED) is 0.792. The van der Waals surface area contributed by atoms with Crippen LogP contribution in [-0.2, 0) is 12.8 Å². The van der Waals surface area contributed by atoms with E-state index in [2.05, 4.69) is 23.1 Å². The van der Waals surface area contributed by atoms with Crippen molar-refractivity contribution in [2.75, 3.05) is 19.6 Å². The van der Waals surface area contributed by atoms with Crippen LogP contribution in [0.4, 0.5) is 0 Å². The third-order valence-corrected chi connectivity index (χ3v) is 4.95. The van der Waals surface area contributed by atoms with E-state index < -0.39 is 0 Å². The number of hydrogen-bond donors (Lipinski definition) is 0. The number of hydrogen-bond acceptors (Lipinski definition) is 2. The Bertz CT molecular complexity index is 448. The predicted molar refractivity (Wildman–Crippen MR) is 72.0 cm³/mol. The normalized spacial score (nSPS) is 33.4. The highest BCUT2D eigenvalue weighted by molar-refractivity contribution is 5.38. The Kier molecular flexibility index (Phi) is 2.58. The molecule has 2 nitrogen and oxygen atoms in total. The van der Waals surface area contributed by atoms with Gasteiger partial charge in [-0.05, 0) is 74.4 Å². The smallest absolute Gasteiger partial charge is 0.120 e. The molecule has 3 fully saturated rings. The molecule has 3 aliphatic heterocycles. The van der Waals surface area contributed by atoms with E-state index in [0.717, 1.165) is 18.2 Å². The Morgan fingerprint density at radius 2 is 1.89 bits per heavy atom. The van der Waals surface area contributed by atoms with E-state index in [-0.39, 0.29) is 0 Å². The molecule has 1 atom stereocenters. The molecule has 0 amide bonds. The Labute approximate surface area is 109 Å². The molecule has 2 heteroatoms. The summed E-state index contributed by atoms with van der Waals surface area (Å²) in [7, 11) is 0. The van der Waals surface area contributed by atoms with Gasteiger partial charge in [0.25, 0.3) is 0 Å². The van der Waals surface area contributed by atoms with Gasteiger partial charge in [-0.1, -0.05) is 6.07 Å². The lowest BCUT2D eigenvalue weighted by Crippen LogP contribution is -2.52. The van der Waals surface area contributed by atoms with E-state index in [9.17, 15) is 0 Å². The first kappa shape index (κ1) is 10.9. The van der Waals surface area contributed by atoms with Gasteiger partial charge >= 0.3 is 0 Å². The van der Waals surface area contributed by atoms with Crippen molar-refractivity contribution in [1.82, 2.24) is 4.90 Å². The molecule has 4 aliphatic rings.